The Morgan fingerprint density at radius 1 is 0.719 bits per heavy atom. The summed E-state index contributed by atoms with van der Waals surface area (Å²) in [6.45, 7) is 2.64. The van der Waals surface area contributed by atoms with E-state index in [-0.39, 0.29) is 17.3 Å². The van der Waals surface area contributed by atoms with Gasteiger partial charge in [-0.1, -0.05) is 54.4 Å². The molecule has 0 aliphatic heterocycles. The van der Waals surface area contributed by atoms with Crippen LogP contribution < -0.4 is 4.74 Å². The number of rotatable bonds is 12. The molecule has 168 valence electrons. The number of carbonyl (C=O) groups is 1. The second kappa shape index (κ2) is 11.6. The van der Waals surface area contributed by atoms with Crippen LogP contribution in [0.2, 0.25) is 0 Å². The SMILES string of the molecule is Cc1ccc(S(=O)(=O)OCCCCCCOc2ccc(C(=O)c3ccccc3)cc2)cc1. The zero-order valence-corrected chi connectivity index (χ0v) is 19.0. The Morgan fingerprint density at radius 2 is 1.31 bits per heavy atom. The number of hydrogen-bond acceptors (Lipinski definition) is 5. The van der Waals surface area contributed by atoms with Gasteiger partial charge in [-0.05, 0) is 62.6 Å². The van der Waals surface area contributed by atoms with E-state index in [4.69, 9.17) is 8.92 Å². The Bertz CT molecular complexity index is 1090. The van der Waals surface area contributed by atoms with Gasteiger partial charge < -0.3 is 4.74 Å². The Morgan fingerprint density at radius 3 is 1.97 bits per heavy atom. The van der Waals surface area contributed by atoms with E-state index in [2.05, 4.69) is 0 Å². The minimum absolute atomic E-state index is 0.0104. The first kappa shape index (κ1) is 23.7. The van der Waals surface area contributed by atoms with Crippen molar-refractivity contribution in [2.24, 2.45) is 0 Å². The lowest BCUT2D eigenvalue weighted by Gasteiger charge is -2.08. The van der Waals surface area contributed by atoms with Gasteiger partial charge in [0.25, 0.3) is 10.1 Å². The van der Waals surface area contributed by atoms with Crippen LogP contribution in [0.15, 0.2) is 83.8 Å². The van der Waals surface area contributed by atoms with E-state index in [1.165, 1.54) is 0 Å². The van der Waals surface area contributed by atoms with Crippen molar-refractivity contribution < 1.29 is 22.1 Å². The minimum atomic E-state index is -3.69. The average Bonchev–Trinajstić information content (AvgIpc) is 2.81. The first-order chi connectivity index (χ1) is 15.5. The second-order valence-electron chi connectivity index (χ2n) is 7.57. The molecule has 0 aromatic heterocycles. The fraction of sp³-hybridized carbons (Fsp3) is 0.269. The molecule has 3 rings (SSSR count). The van der Waals surface area contributed by atoms with E-state index in [1.807, 2.05) is 25.1 Å². The van der Waals surface area contributed by atoms with E-state index in [1.54, 1.807) is 60.7 Å². The molecule has 3 aromatic carbocycles. The summed E-state index contributed by atoms with van der Waals surface area (Å²) in [5.74, 6) is 0.714. The van der Waals surface area contributed by atoms with Crippen molar-refractivity contribution in [1.29, 1.82) is 0 Å². The molecule has 0 amide bonds. The fourth-order valence-corrected chi connectivity index (χ4v) is 4.09. The second-order valence-corrected chi connectivity index (χ2v) is 9.19. The maximum Gasteiger partial charge on any atom is 0.296 e. The summed E-state index contributed by atoms with van der Waals surface area (Å²) >= 11 is 0. The maximum absolute atomic E-state index is 12.4. The number of ketones is 1. The largest absolute Gasteiger partial charge is 0.494 e. The Balaban J connectivity index is 1.30. The highest BCUT2D eigenvalue weighted by Gasteiger charge is 2.14. The molecule has 0 aliphatic rings. The van der Waals surface area contributed by atoms with E-state index in [0.717, 1.165) is 30.6 Å². The summed E-state index contributed by atoms with van der Waals surface area (Å²) in [4.78, 5) is 12.6. The third kappa shape index (κ3) is 7.04. The molecular formula is C26H28O5S. The predicted molar refractivity (Wildman–Crippen MR) is 125 cm³/mol. The molecule has 0 atom stereocenters. The third-order valence-corrected chi connectivity index (χ3v) is 6.33. The lowest BCUT2D eigenvalue weighted by atomic mass is 10.0. The van der Waals surface area contributed by atoms with Crippen molar-refractivity contribution in [3.05, 3.63) is 95.6 Å². The lowest BCUT2D eigenvalue weighted by molar-refractivity contribution is 0.103. The zero-order chi connectivity index (χ0) is 22.8. The molecule has 0 fully saturated rings. The number of benzene rings is 3. The minimum Gasteiger partial charge on any atom is -0.494 e. The predicted octanol–water partition coefficient (Wildman–Crippen LogP) is 5.57. The zero-order valence-electron chi connectivity index (χ0n) is 18.2. The van der Waals surface area contributed by atoms with Gasteiger partial charge in [-0.15, -0.1) is 0 Å². The molecule has 3 aromatic rings. The van der Waals surface area contributed by atoms with Crippen LogP contribution >= 0.6 is 0 Å². The van der Waals surface area contributed by atoms with E-state index in [0.29, 0.717) is 24.2 Å². The van der Waals surface area contributed by atoms with Crippen molar-refractivity contribution in [1.82, 2.24) is 0 Å². The Labute approximate surface area is 190 Å². The van der Waals surface area contributed by atoms with Crippen LogP contribution in [0.4, 0.5) is 0 Å². The van der Waals surface area contributed by atoms with Gasteiger partial charge in [0.1, 0.15) is 5.75 Å². The maximum atomic E-state index is 12.4. The number of unbranched alkanes of at least 4 members (excludes halogenated alkanes) is 3. The summed E-state index contributed by atoms with van der Waals surface area (Å²) in [6, 6.07) is 23.0. The van der Waals surface area contributed by atoms with Crippen molar-refractivity contribution >= 4 is 15.9 Å². The van der Waals surface area contributed by atoms with Crippen LogP contribution in [0.25, 0.3) is 0 Å². The molecule has 0 radical (unpaired) electrons. The summed E-state index contributed by atoms with van der Waals surface area (Å²) in [5.41, 5.74) is 2.30. The molecule has 6 heteroatoms. The molecule has 0 aliphatic carbocycles. The monoisotopic (exact) mass is 452 g/mol. The topological polar surface area (TPSA) is 69.7 Å². The Hall–Kier alpha value is -2.96. The third-order valence-electron chi connectivity index (χ3n) is 5.01. The van der Waals surface area contributed by atoms with Crippen molar-refractivity contribution in [2.75, 3.05) is 13.2 Å². The first-order valence-electron chi connectivity index (χ1n) is 10.7. The molecule has 0 unspecified atom stereocenters. The molecule has 0 bridgehead atoms. The number of carbonyl (C=O) groups excluding carboxylic acids is 1. The van der Waals surface area contributed by atoms with Crippen molar-refractivity contribution in [3.63, 3.8) is 0 Å². The highest BCUT2D eigenvalue weighted by Crippen LogP contribution is 2.17. The standard InChI is InChI=1S/C26H28O5S/c1-21-11-17-25(18-12-21)32(28,29)31-20-8-3-2-7-19-30-24-15-13-23(14-16-24)26(27)22-9-5-4-6-10-22/h4-6,9-18H,2-3,7-8,19-20H2,1H3. The average molecular weight is 453 g/mol. The van der Waals surface area contributed by atoms with Crippen LogP contribution in [-0.4, -0.2) is 27.4 Å². The lowest BCUT2D eigenvalue weighted by Crippen LogP contribution is -2.07. The van der Waals surface area contributed by atoms with Gasteiger partial charge in [-0.3, -0.25) is 8.98 Å². The summed E-state index contributed by atoms with van der Waals surface area (Å²) in [5, 5.41) is 0. The smallest absolute Gasteiger partial charge is 0.296 e. The van der Waals surface area contributed by atoms with Crippen molar-refractivity contribution in [3.8, 4) is 5.75 Å². The number of aryl methyl sites for hydroxylation is 1. The van der Waals surface area contributed by atoms with Gasteiger partial charge >= 0.3 is 0 Å². The molecule has 32 heavy (non-hydrogen) atoms. The van der Waals surface area contributed by atoms with E-state index >= 15 is 0 Å². The molecule has 0 spiro atoms. The van der Waals surface area contributed by atoms with Crippen LogP contribution in [0.5, 0.6) is 5.75 Å². The molecule has 0 heterocycles. The first-order valence-corrected chi connectivity index (χ1v) is 12.2. The molecule has 0 saturated carbocycles. The van der Waals surface area contributed by atoms with E-state index in [9.17, 15) is 13.2 Å². The molecule has 5 nitrogen and oxygen atoms in total. The van der Waals surface area contributed by atoms with Gasteiger partial charge in [0.05, 0.1) is 18.1 Å². The highest BCUT2D eigenvalue weighted by molar-refractivity contribution is 7.86. The normalized spacial score (nSPS) is 11.3. The summed E-state index contributed by atoms with van der Waals surface area (Å²) in [7, 11) is -3.69. The number of hydrogen-bond donors (Lipinski definition) is 0. The molecule has 0 N–H and O–H groups in total. The van der Waals surface area contributed by atoms with Gasteiger partial charge in [0, 0.05) is 11.1 Å². The van der Waals surface area contributed by atoms with Gasteiger partial charge in [0.2, 0.25) is 0 Å². The highest BCUT2D eigenvalue weighted by atomic mass is 32.2. The van der Waals surface area contributed by atoms with Gasteiger partial charge in [0.15, 0.2) is 5.78 Å². The molecular weight excluding hydrogens is 424 g/mol. The van der Waals surface area contributed by atoms with Crippen LogP contribution in [-0.2, 0) is 14.3 Å². The summed E-state index contributed by atoms with van der Waals surface area (Å²) < 4.78 is 35.1. The van der Waals surface area contributed by atoms with Crippen LogP contribution in [0.1, 0.15) is 47.2 Å². The van der Waals surface area contributed by atoms with Crippen LogP contribution in [0, 0.1) is 6.92 Å². The Kier molecular flexibility index (Phi) is 8.59. The van der Waals surface area contributed by atoms with Crippen LogP contribution in [0.3, 0.4) is 0 Å². The van der Waals surface area contributed by atoms with Gasteiger partial charge in [-0.25, -0.2) is 0 Å². The fourth-order valence-electron chi connectivity index (χ4n) is 3.15. The van der Waals surface area contributed by atoms with Gasteiger partial charge in [-0.2, -0.15) is 8.42 Å². The molecule has 0 saturated heterocycles. The number of ether oxygens (including phenoxy) is 1. The quantitative estimate of drug-likeness (QED) is 0.204. The summed E-state index contributed by atoms with van der Waals surface area (Å²) in [6.07, 6.45) is 3.30. The van der Waals surface area contributed by atoms with E-state index < -0.39 is 10.1 Å². The van der Waals surface area contributed by atoms with Crippen molar-refractivity contribution in [2.45, 2.75) is 37.5 Å².